The third kappa shape index (κ3) is 3.11. The minimum Gasteiger partial charge on any atom is -0.368 e. The van der Waals surface area contributed by atoms with Gasteiger partial charge in [-0.25, -0.2) is 0 Å². The molecule has 0 aliphatic carbocycles. The molecular weight excluding hydrogens is 294 g/mol. The first-order valence-corrected chi connectivity index (χ1v) is 8.47. The molecule has 0 atom stereocenters. The molecule has 1 saturated heterocycles. The van der Waals surface area contributed by atoms with Gasteiger partial charge >= 0.3 is 0 Å². The van der Waals surface area contributed by atoms with Crippen molar-refractivity contribution in [3.05, 3.63) is 78.4 Å². The average molecular weight is 315 g/mol. The molecule has 0 amide bonds. The molecule has 1 aliphatic heterocycles. The molecule has 1 aliphatic rings. The van der Waals surface area contributed by atoms with Crippen molar-refractivity contribution in [2.45, 2.75) is 0 Å². The fourth-order valence-electron chi connectivity index (χ4n) is 3.22. The van der Waals surface area contributed by atoms with Crippen molar-refractivity contribution in [2.24, 2.45) is 5.10 Å². The van der Waals surface area contributed by atoms with Gasteiger partial charge in [-0.15, -0.1) is 0 Å². The quantitative estimate of drug-likeness (QED) is 0.680. The second-order valence-electron chi connectivity index (χ2n) is 6.09. The Morgan fingerprint density at radius 3 is 2.25 bits per heavy atom. The monoisotopic (exact) mass is 315 g/mol. The second kappa shape index (κ2) is 6.75. The summed E-state index contributed by atoms with van der Waals surface area (Å²) in [6.07, 6.45) is 2.00. The summed E-state index contributed by atoms with van der Waals surface area (Å²) in [5, 5.41) is 9.40. The highest BCUT2D eigenvalue weighted by atomic mass is 15.5. The Morgan fingerprint density at radius 2 is 1.42 bits per heavy atom. The second-order valence-corrected chi connectivity index (χ2v) is 6.09. The molecular formula is C21H21N3. The summed E-state index contributed by atoms with van der Waals surface area (Å²) >= 11 is 0. The maximum absolute atomic E-state index is 4.71. The number of benzene rings is 3. The first kappa shape index (κ1) is 14.8. The summed E-state index contributed by atoms with van der Waals surface area (Å²) in [5.74, 6) is 0. The summed E-state index contributed by atoms with van der Waals surface area (Å²) in [6.45, 7) is 3.93. The molecule has 0 saturated carbocycles. The van der Waals surface area contributed by atoms with Crippen molar-refractivity contribution in [3.63, 3.8) is 0 Å². The van der Waals surface area contributed by atoms with E-state index in [9.17, 15) is 0 Å². The SMILES string of the molecule is C(=N/N1CCN(c2ccccc2)CC1)/c1cccc2ccccc12. The Bertz CT molecular complexity index is 829. The van der Waals surface area contributed by atoms with Crippen LogP contribution in [0.5, 0.6) is 0 Å². The Kier molecular flexibility index (Phi) is 4.15. The molecule has 3 aromatic rings. The molecule has 3 aromatic carbocycles. The van der Waals surface area contributed by atoms with E-state index < -0.39 is 0 Å². The van der Waals surface area contributed by atoms with Crippen LogP contribution in [0.4, 0.5) is 5.69 Å². The van der Waals surface area contributed by atoms with E-state index in [-0.39, 0.29) is 0 Å². The molecule has 0 spiro atoms. The lowest BCUT2D eigenvalue weighted by molar-refractivity contribution is 0.272. The Morgan fingerprint density at radius 1 is 0.708 bits per heavy atom. The number of hydrogen-bond donors (Lipinski definition) is 0. The topological polar surface area (TPSA) is 18.8 Å². The first-order chi connectivity index (χ1) is 11.9. The third-order valence-electron chi connectivity index (χ3n) is 4.56. The third-order valence-corrected chi connectivity index (χ3v) is 4.56. The number of piperazine rings is 1. The summed E-state index contributed by atoms with van der Waals surface area (Å²) in [4.78, 5) is 2.42. The van der Waals surface area contributed by atoms with Crippen LogP contribution in [0.2, 0.25) is 0 Å². The van der Waals surface area contributed by atoms with Crippen LogP contribution in [0.1, 0.15) is 5.56 Å². The number of nitrogens with zero attached hydrogens (tertiary/aromatic N) is 3. The summed E-state index contributed by atoms with van der Waals surface area (Å²) in [7, 11) is 0. The van der Waals surface area contributed by atoms with Gasteiger partial charge in [0.15, 0.2) is 0 Å². The van der Waals surface area contributed by atoms with Crippen LogP contribution in [0.25, 0.3) is 10.8 Å². The Labute approximate surface area is 142 Å². The molecule has 0 N–H and O–H groups in total. The van der Waals surface area contributed by atoms with Gasteiger partial charge < -0.3 is 4.90 Å². The van der Waals surface area contributed by atoms with E-state index in [1.807, 2.05) is 6.21 Å². The molecule has 3 nitrogen and oxygen atoms in total. The molecule has 24 heavy (non-hydrogen) atoms. The molecule has 0 radical (unpaired) electrons. The van der Waals surface area contributed by atoms with Crippen LogP contribution in [0, 0.1) is 0 Å². The highest BCUT2D eigenvalue weighted by Gasteiger charge is 2.15. The van der Waals surface area contributed by atoms with Crippen LogP contribution in [0.15, 0.2) is 77.9 Å². The molecule has 1 heterocycles. The van der Waals surface area contributed by atoms with Crippen molar-refractivity contribution in [2.75, 3.05) is 31.1 Å². The number of hydrogen-bond acceptors (Lipinski definition) is 3. The van der Waals surface area contributed by atoms with Gasteiger partial charge in [-0.1, -0.05) is 60.7 Å². The van der Waals surface area contributed by atoms with Gasteiger partial charge in [0.05, 0.1) is 19.3 Å². The number of fused-ring (bicyclic) bond motifs is 1. The van der Waals surface area contributed by atoms with Gasteiger partial charge in [0.2, 0.25) is 0 Å². The van der Waals surface area contributed by atoms with Crippen LogP contribution >= 0.6 is 0 Å². The molecule has 120 valence electrons. The number of para-hydroxylation sites is 1. The zero-order valence-electron chi connectivity index (χ0n) is 13.7. The van der Waals surface area contributed by atoms with E-state index in [0.29, 0.717) is 0 Å². The molecule has 3 heteroatoms. The van der Waals surface area contributed by atoms with Crippen molar-refractivity contribution in [1.82, 2.24) is 5.01 Å². The van der Waals surface area contributed by atoms with Crippen molar-refractivity contribution in [1.29, 1.82) is 0 Å². The normalized spacial score (nSPS) is 15.3. The predicted octanol–water partition coefficient (Wildman–Crippen LogP) is 4.00. The van der Waals surface area contributed by atoms with Crippen molar-refractivity contribution in [3.8, 4) is 0 Å². The van der Waals surface area contributed by atoms with E-state index in [1.54, 1.807) is 0 Å². The molecule has 0 unspecified atom stereocenters. The Balaban J connectivity index is 1.44. The summed E-state index contributed by atoms with van der Waals surface area (Å²) in [6, 6.07) is 25.4. The largest absolute Gasteiger partial charge is 0.368 e. The fourth-order valence-corrected chi connectivity index (χ4v) is 3.22. The highest BCUT2D eigenvalue weighted by molar-refractivity contribution is 5.99. The van der Waals surface area contributed by atoms with E-state index in [0.717, 1.165) is 26.2 Å². The minimum atomic E-state index is 0.955. The van der Waals surface area contributed by atoms with E-state index >= 15 is 0 Å². The standard InChI is InChI=1S/C21H21N3/c1-2-10-20(11-3-1)23-13-15-24(16-14-23)22-17-19-9-6-8-18-7-4-5-12-21(18)19/h1-12,17H,13-16H2/b22-17-. The zero-order chi connectivity index (χ0) is 16.2. The Hall–Kier alpha value is -2.81. The van der Waals surface area contributed by atoms with Gasteiger partial charge in [-0.3, -0.25) is 5.01 Å². The van der Waals surface area contributed by atoms with Gasteiger partial charge in [0, 0.05) is 24.3 Å². The van der Waals surface area contributed by atoms with Crippen LogP contribution in [0.3, 0.4) is 0 Å². The smallest absolute Gasteiger partial charge is 0.0549 e. The lowest BCUT2D eigenvalue weighted by atomic mass is 10.1. The predicted molar refractivity (Wildman–Crippen MR) is 102 cm³/mol. The average Bonchev–Trinajstić information content (AvgIpc) is 2.67. The number of hydrazone groups is 1. The maximum atomic E-state index is 4.71. The van der Waals surface area contributed by atoms with E-state index in [2.05, 4.69) is 82.7 Å². The lowest BCUT2D eigenvalue weighted by Gasteiger charge is -2.34. The van der Waals surface area contributed by atoms with Crippen molar-refractivity contribution >= 4 is 22.7 Å². The van der Waals surface area contributed by atoms with Crippen LogP contribution in [-0.2, 0) is 0 Å². The summed E-state index contributed by atoms with van der Waals surface area (Å²) < 4.78 is 0. The van der Waals surface area contributed by atoms with Crippen LogP contribution < -0.4 is 4.90 Å². The van der Waals surface area contributed by atoms with Gasteiger partial charge in [0.1, 0.15) is 0 Å². The van der Waals surface area contributed by atoms with E-state index in [4.69, 9.17) is 5.10 Å². The van der Waals surface area contributed by atoms with Gasteiger partial charge in [-0.05, 0) is 22.9 Å². The highest BCUT2D eigenvalue weighted by Crippen LogP contribution is 2.18. The maximum Gasteiger partial charge on any atom is 0.0549 e. The van der Waals surface area contributed by atoms with Gasteiger partial charge in [0.25, 0.3) is 0 Å². The van der Waals surface area contributed by atoms with E-state index in [1.165, 1.54) is 22.0 Å². The molecule has 0 bridgehead atoms. The van der Waals surface area contributed by atoms with Crippen molar-refractivity contribution < 1.29 is 0 Å². The molecule has 0 aromatic heterocycles. The summed E-state index contributed by atoms with van der Waals surface area (Å²) in [5.41, 5.74) is 2.48. The number of anilines is 1. The minimum absolute atomic E-state index is 0.955. The zero-order valence-corrected chi connectivity index (χ0v) is 13.7. The van der Waals surface area contributed by atoms with Gasteiger partial charge in [-0.2, -0.15) is 5.10 Å². The molecule has 1 fully saturated rings. The lowest BCUT2D eigenvalue weighted by Crippen LogP contribution is -2.44. The fraction of sp³-hybridized carbons (Fsp3) is 0.190. The van der Waals surface area contributed by atoms with Crippen LogP contribution in [-0.4, -0.2) is 37.4 Å². The number of rotatable bonds is 3. The first-order valence-electron chi connectivity index (χ1n) is 8.47. The molecule has 4 rings (SSSR count).